The molecular weight excluding hydrogens is 334 g/mol. The summed E-state index contributed by atoms with van der Waals surface area (Å²) in [5.41, 5.74) is 2.84. The lowest BCUT2D eigenvalue weighted by Crippen LogP contribution is -2.28. The first-order valence-corrected chi connectivity index (χ1v) is 8.28. The maximum Gasteiger partial charge on any atom is 0.271 e. The van der Waals surface area contributed by atoms with E-state index in [1.165, 1.54) is 12.1 Å². The van der Waals surface area contributed by atoms with Gasteiger partial charge in [0.05, 0.1) is 16.5 Å². The zero-order chi connectivity index (χ0) is 18.8. The highest BCUT2D eigenvalue weighted by molar-refractivity contribution is 6.03. The Kier molecular flexibility index (Phi) is 4.71. The Morgan fingerprint density at radius 1 is 1.23 bits per heavy atom. The van der Waals surface area contributed by atoms with Crippen LogP contribution in [-0.4, -0.2) is 23.3 Å². The molecule has 2 aromatic carbocycles. The van der Waals surface area contributed by atoms with Crippen LogP contribution in [0.25, 0.3) is 0 Å². The number of amides is 2. The molecule has 0 spiro atoms. The third-order valence-electron chi connectivity index (χ3n) is 4.50. The van der Waals surface area contributed by atoms with Gasteiger partial charge in [-0.25, -0.2) is 0 Å². The first-order valence-electron chi connectivity index (χ1n) is 8.28. The fraction of sp³-hybridized carbons (Fsp3) is 0.263. The van der Waals surface area contributed by atoms with E-state index in [0.717, 1.165) is 16.8 Å². The number of benzene rings is 2. The fourth-order valence-corrected chi connectivity index (χ4v) is 3.02. The maximum absolute atomic E-state index is 12.6. The number of nitrogens with one attached hydrogen (secondary N) is 1. The lowest BCUT2D eigenvalue weighted by Gasteiger charge is -2.17. The summed E-state index contributed by atoms with van der Waals surface area (Å²) in [7, 11) is 0. The monoisotopic (exact) mass is 353 g/mol. The van der Waals surface area contributed by atoms with Crippen LogP contribution in [0.5, 0.6) is 0 Å². The Bertz CT molecular complexity index is 894. The Labute approximate surface area is 150 Å². The van der Waals surface area contributed by atoms with E-state index in [9.17, 15) is 19.7 Å². The van der Waals surface area contributed by atoms with Crippen molar-refractivity contribution in [2.75, 3.05) is 16.8 Å². The minimum atomic E-state index is -0.506. The lowest BCUT2D eigenvalue weighted by molar-refractivity contribution is -0.384. The van der Waals surface area contributed by atoms with Crippen LogP contribution in [-0.2, 0) is 9.59 Å². The normalized spacial score (nSPS) is 16.6. The quantitative estimate of drug-likeness (QED) is 0.675. The molecule has 0 radical (unpaired) electrons. The number of nitrogens with zero attached hydrogens (tertiary/aromatic N) is 2. The van der Waals surface area contributed by atoms with E-state index >= 15 is 0 Å². The van der Waals surface area contributed by atoms with Crippen LogP contribution in [0, 0.1) is 29.9 Å². The number of hydrogen-bond acceptors (Lipinski definition) is 4. The molecule has 7 heteroatoms. The number of nitro groups is 1. The van der Waals surface area contributed by atoms with Crippen molar-refractivity contribution in [2.45, 2.75) is 20.3 Å². The van der Waals surface area contributed by atoms with Gasteiger partial charge in [-0.15, -0.1) is 0 Å². The van der Waals surface area contributed by atoms with Crippen LogP contribution in [0.15, 0.2) is 42.5 Å². The van der Waals surface area contributed by atoms with Crippen molar-refractivity contribution in [3.63, 3.8) is 0 Å². The van der Waals surface area contributed by atoms with Crippen LogP contribution < -0.4 is 10.2 Å². The highest BCUT2D eigenvalue weighted by Gasteiger charge is 2.35. The molecule has 1 aliphatic heterocycles. The number of carbonyl (C=O) groups is 2. The van der Waals surface area contributed by atoms with Gasteiger partial charge >= 0.3 is 0 Å². The first kappa shape index (κ1) is 17.6. The third-order valence-corrected chi connectivity index (χ3v) is 4.50. The van der Waals surface area contributed by atoms with E-state index in [-0.39, 0.29) is 23.9 Å². The fourth-order valence-electron chi connectivity index (χ4n) is 3.02. The number of hydrogen-bond donors (Lipinski definition) is 1. The molecule has 0 unspecified atom stereocenters. The van der Waals surface area contributed by atoms with Crippen molar-refractivity contribution in [3.05, 3.63) is 63.7 Å². The zero-order valence-corrected chi connectivity index (χ0v) is 14.6. The number of carbonyl (C=O) groups excluding carboxylic acids is 2. The van der Waals surface area contributed by atoms with Crippen molar-refractivity contribution in [2.24, 2.45) is 5.92 Å². The van der Waals surface area contributed by atoms with Gasteiger partial charge in [0.25, 0.3) is 5.69 Å². The summed E-state index contributed by atoms with van der Waals surface area (Å²) >= 11 is 0. The number of aryl methyl sites for hydroxylation is 2. The molecule has 1 saturated heterocycles. The SMILES string of the molecule is Cc1cccc(N2C[C@H](C(=O)Nc3cc([N+](=O)[O-])ccc3C)CC2=O)c1. The van der Waals surface area contributed by atoms with E-state index in [2.05, 4.69) is 5.32 Å². The molecule has 7 nitrogen and oxygen atoms in total. The van der Waals surface area contributed by atoms with Gasteiger partial charge in [-0.2, -0.15) is 0 Å². The average Bonchev–Trinajstić information content (AvgIpc) is 2.98. The van der Waals surface area contributed by atoms with Gasteiger partial charge < -0.3 is 10.2 Å². The highest BCUT2D eigenvalue weighted by atomic mass is 16.6. The van der Waals surface area contributed by atoms with Crippen LogP contribution in [0.4, 0.5) is 17.1 Å². The molecule has 0 aromatic heterocycles. The minimum Gasteiger partial charge on any atom is -0.325 e. The summed E-state index contributed by atoms with van der Waals surface area (Å²) in [6, 6.07) is 11.9. The summed E-state index contributed by atoms with van der Waals surface area (Å²) in [6.45, 7) is 4.00. The summed E-state index contributed by atoms with van der Waals surface area (Å²) in [5, 5.41) is 13.6. The molecule has 2 amide bonds. The van der Waals surface area contributed by atoms with Crippen LogP contribution in [0.2, 0.25) is 0 Å². The van der Waals surface area contributed by atoms with Crippen molar-refractivity contribution in [1.82, 2.24) is 0 Å². The van der Waals surface area contributed by atoms with E-state index in [1.807, 2.05) is 31.2 Å². The van der Waals surface area contributed by atoms with E-state index in [1.54, 1.807) is 17.9 Å². The molecule has 2 aromatic rings. The van der Waals surface area contributed by atoms with Crippen molar-refractivity contribution >= 4 is 28.9 Å². The third kappa shape index (κ3) is 3.56. The van der Waals surface area contributed by atoms with Crippen LogP contribution in [0.3, 0.4) is 0 Å². The zero-order valence-electron chi connectivity index (χ0n) is 14.6. The van der Waals surface area contributed by atoms with Crippen LogP contribution in [0.1, 0.15) is 17.5 Å². The molecular formula is C19H19N3O4. The lowest BCUT2D eigenvalue weighted by atomic mass is 10.1. The van der Waals surface area contributed by atoms with Gasteiger partial charge in [-0.05, 0) is 37.1 Å². The summed E-state index contributed by atoms with van der Waals surface area (Å²) < 4.78 is 0. The molecule has 1 N–H and O–H groups in total. The second-order valence-electron chi connectivity index (χ2n) is 6.49. The van der Waals surface area contributed by atoms with Gasteiger partial charge in [-0.1, -0.05) is 18.2 Å². The largest absolute Gasteiger partial charge is 0.325 e. The van der Waals surface area contributed by atoms with Crippen molar-refractivity contribution in [3.8, 4) is 0 Å². The Morgan fingerprint density at radius 2 is 2.00 bits per heavy atom. The van der Waals surface area contributed by atoms with E-state index in [0.29, 0.717) is 12.2 Å². The highest BCUT2D eigenvalue weighted by Crippen LogP contribution is 2.28. The number of anilines is 2. The van der Waals surface area contributed by atoms with Gasteiger partial charge in [-0.3, -0.25) is 19.7 Å². The molecule has 0 saturated carbocycles. The molecule has 0 bridgehead atoms. The predicted octanol–water partition coefficient (Wildman–Crippen LogP) is 3.20. The smallest absolute Gasteiger partial charge is 0.271 e. The second kappa shape index (κ2) is 6.95. The average molecular weight is 353 g/mol. The summed E-state index contributed by atoms with van der Waals surface area (Å²) in [6.07, 6.45) is 0.119. The summed E-state index contributed by atoms with van der Waals surface area (Å²) in [4.78, 5) is 36.9. The number of non-ortho nitro benzene ring substituents is 1. The number of nitro benzene ring substituents is 1. The van der Waals surface area contributed by atoms with Gasteiger partial charge in [0, 0.05) is 30.8 Å². The second-order valence-corrected chi connectivity index (χ2v) is 6.49. The van der Waals surface area contributed by atoms with E-state index in [4.69, 9.17) is 0 Å². The molecule has 1 aliphatic rings. The van der Waals surface area contributed by atoms with Gasteiger partial charge in [0.15, 0.2) is 0 Å². The minimum absolute atomic E-state index is 0.0882. The molecule has 0 aliphatic carbocycles. The Hall–Kier alpha value is -3.22. The topological polar surface area (TPSA) is 92.6 Å². The summed E-state index contributed by atoms with van der Waals surface area (Å²) in [5.74, 6) is -0.912. The van der Waals surface area contributed by atoms with Crippen molar-refractivity contribution < 1.29 is 14.5 Å². The molecule has 26 heavy (non-hydrogen) atoms. The maximum atomic E-state index is 12.6. The first-order chi connectivity index (χ1) is 12.3. The van der Waals surface area contributed by atoms with Gasteiger partial charge in [0.1, 0.15) is 0 Å². The van der Waals surface area contributed by atoms with Gasteiger partial charge in [0.2, 0.25) is 11.8 Å². The molecule has 3 rings (SSSR count). The van der Waals surface area contributed by atoms with Crippen LogP contribution >= 0.6 is 0 Å². The standard InChI is InChI=1S/C19H19N3O4/c1-12-4-3-5-15(8-12)21-11-14(9-18(21)23)19(24)20-17-10-16(22(25)26)7-6-13(17)2/h3-8,10,14H,9,11H2,1-2H3,(H,20,24)/t14-/m1/s1. The Balaban J connectivity index is 1.75. The molecule has 1 atom stereocenters. The van der Waals surface area contributed by atoms with Crippen molar-refractivity contribution in [1.29, 1.82) is 0 Å². The number of rotatable bonds is 4. The predicted molar refractivity (Wildman–Crippen MR) is 98.1 cm³/mol. The molecule has 1 fully saturated rings. The van der Waals surface area contributed by atoms with E-state index < -0.39 is 10.8 Å². The Morgan fingerprint density at radius 3 is 2.69 bits per heavy atom. The molecule has 134 valence electrons. The molecule has 1 heterocycles.